The summed E-state index contributed by atoms with van der Waals surface area (Å²) >= 11 is 0. The molecule has 0 unspecified atom stereocenters. The molecular weight excluding hydrogens is 310 g/mol. The molecule has 1 saturated heterocycles. The number of ether oxygens (including phenoxy) is 1. The number of fused-ring (bicyclic) bond motifs is 1. The van der Waals surface area contributed by atoms with Crippen LogP contribution in [0.3, 0.4) is 0 Å². The second-order valence-corrected chi connectivity index (χ2v) is 5.85. The third-order valence-corrected chi connectivity index (χ3v) is 4.20. The summed E-state index contributed by atoms with van der Waals surface area (Å²) in [5, 5.41) is 14.1. The van der Waals surface area contributed by atoms with Gasteiger partial charge in [-0.1, -0.05) is 0 Å². The van der Waals surface area contributed by atoms with Gasteiger partial charge in [0, 0.05) is 45.2 Å². The Balaban J connectivity index is 1.56. The van der Waals surface area contributed by atoms with Crippen LogP contribution in [0.1, 0.15) is 18.7 Å². The van der Waals surface area contributed by atoms with E-state index in [4.69, 9.17) is 4.74 Å². The number of rotatable bonds is 5. The zero-order chi connectivity index (χ0) is 16.9. The number of hydrogen-bond donors (Lipinski definition) is 2. The maximum absolute atomic E-state index is 11.8. The Kier molecular flexibility index (Phi) is 5.09. The van der Waals surface area contributed by atoms with E-state index in [1.54, 1.807) is 13.3 Å². The number of carbonyl (C=O) groups excluding carboxylic acids is 1. The van der Waals surface area contributed by atoms with Crippen LogP contribution in [0.25, 0.3) is 5.65 Å². The number of nitrogens with zero attached hydrogens (tertiary/aromatic N) is 5. The molecular formula is C15H23N7O2. The predicted molar refractivity (Wildman–Crippen MR) is 89.2 cm³/mol. The molecule has 24 heavy (non-hydrogen) atoms. The summed E-state index contributed by atoms with van der Waals surface area (Å²) in [6.45, 7) is 4.59. The number of aromatic nitrogens is 4. The predicted octanol–water partition coefficient (Wildman–Crippen LogP) is 0.347. The SMILES string of the molecule is COCCNC(=O)NC1CCN(c2nccn3c(C)nnc23)CC1. The van der Waals surface area contributed by atoms with Gasteiger partial charge in [-0.2, -0.15) is 0 Å². The van der Waals surface area contributed by atoms with Crippen LogP contribution in [0.2, 0.25) is 0 Å². The molecule has 0 spiro atoms. The van der Waals surface area contributed by atoms with Gasteiger partial charge in [-0.3, -0.25) is 4.40 Å². The highest BCUT2D eigenvalue weighted by atomic mass is 16.5. The van der Waals surface area contributed by atoms with Crippen molar-refractivity contribution in [2.45, 2.75) is 25.8 Å². The summed E-state index contributed by atoms with van der Waals surface area (Å²) in [4.78, 5) is 18.5. The Bertz CT molecular complexity index is 694. The van der Waals surface area contributed by atoms with E-state index < -0.39 is 0 Å². The molecule has 130 valence electrons. The number of anilines is 1. The van der Waals surface area contributed by atoms with Crippen molar-refractivity contribution in [1.82, 2.24) is 30.2 Å². The first-order valence-electron chi connectivity index (χ1n) is 8.13. The van der Waals surface area contributed by atoms with Crippen LogP contribution in [0, 0.1) is 6.92 Å². The van der Waals surface area contributed by atoms with Gasteiger partial charge >= 0.3 is 6.03 Å². The van der Waals surface area contributed by atoms with E-state index in [2.05, 4.69) is 30.7 Å². The van der Waals surface area contributed by atoms with Gasteiger partial charge in [-0.05, 0) is 19.8 Å². The van der Waals surface area contributed by atoms with Crippen molar-refractivity contribution in [2.24, 2.45) is 0 Å². The largest absolute Gasteiger partial charge is 0.383 e. The minimum Gasteiger partial charge on any atom is -0.383 e. The number of carbonyl (C=O) groups is 1. The molecule has 3 heterocycles. The lowest BCUT2D eigenvalue weighted by Crippen LogP contribution is -2.48. The van der Waals surface area contributed by atoms with Crippen LogP contribution >= 0.6 is 0 Å². The van der Waals surface area contributed by atoms with Gasteiger partial charge in [0.2, 0.25) is 5.65 Å². The third kappa shape index (κ3) is 3.56. The van der Waals surface area contributed by atoms with E-state index in [0.29, 0.717) is 13.2 Å². The van der Waals surface area contributed by atoms with Crippen LogP contribution in [0.5, 0.6) is 0 Å². The van der Waals surface area contributed by atoms with E-state index in [9.17, 15) is 4.79 Å². The zero-order valence-electron chi connectivity index (χ0n) is 14.0. The number of aryl methyl sites for hydroxylation is 1. The maximum Gasteiger partial charge on any atom is 0.315 e. The van der Waals surface area contributed by atoms with Crippen LogP contribution in [-0.4, -0.2) is 65.0 Å². The summed E-state index contributed by atoms with van der Waals surface area (Å²) in [5.41, 5.74) is 0.777. The van der Waals surface area contributed by atoms with E-state index >= 15 is 0 Å². The van der Waals surface area contributed by atoms with Gasteiger partial charge in [-0.25, -0.2) is 9.78 Å². The van der Waals surface area contributed by atoms with Gasteiger partial charge < -0.3 is 20.3 Å². The lowest BCUT2D eigenvalue weighted by molar-refractivity contribution is 0.194. The van der Waals surface area contributed by atoms with Gasteiger partial charge in [0.25, 0.3) is 0 Å². The lowest BCUT2D eigenvalue weighted by atomic mass is 10.1. The molecule has 1 fully saturated rings. The second kappa shape index (κ2) is 7.43. The summed E-state index contributed by atoms with van der Waals surface area (Å²) in [5.74, 6) is 1.69. The summed E-state index contributed by atoms with van der Waals surface area (Å²) in [7, 11) is 1.61. The molecule has 0 radical (unpaired) electrons. The van der Waals surface area contributed by atoms with Crippen molar-refractivity contribution in [1.29, 1.82) is 0 Å². The molecule has 2 amide bonds. The number of urea groups is 1. The maximum atomic E-state index is 11.8. The Morgan fingerprint density at radius 1 is 1.38 bits per heavy atom. The first-order valence-corrected chi connectivity index (χ1v) is 8.13. The molecule has 9 heteroatoms. The molecule has 1 aliphatic rings. The van der Waals surface area contributed by atoms with Crippen molar-refractivity contribution in [2.75, 3.05) is 38.3 Å². The minimum atomic E-state index is -0.140. The van der Waals surface area contributed by atoms with Gasteiger partial charge in [0.15, 0.2) is 5.82 Å². The fourth-order valence-corrected chi connectivity index (χ4v) is 2.89. The van der Waals surface area contributed by atoms with Gasteiger partial charge in [-0.15, -0.1) is 10.2 Å². The van der Waals surface area contributed by atoms with Crippen molar-refractivity contribution in [3.63, 3.8) is 0 Å². The molecule has 2 aromatic rings. The van der Waals surface area contributed by atoms with E-state index in [0.717, 1.165) is 43.2 Å². The third-order valence-electron chi connectivity index (χ3n) is 4.20. The van der Waals surface area contributed by atoms with Crippen molar-refractivity contribution >= 4 is 17.5 Å². The summed E-state index contributed by atoms with van der Waals surface area (Å²) in [6, 6.07) is 0.0296. The molecule has 9 nitrogen and oxygen atoms in total. The molecule has 0 bridgehead atoms. The highest BCUT2D eigenvalue weighted by molar-refractivity contribution is 5.74. The van der Waals surface area contributed by atoms with Crippen molar-refractivity contribution < 1.29 is 9.53 Å². The van der Waals surface area contributed by atoms with E-state index in [1.165, 1.54) is 0 Å². The Morgan fingerprint density at radius 2 is 2.17 bits per heavy atom. The standard InChI is InChI=1S/C15H23N7O2/c1-11-19-20-14-13(16-5-9-22(11)14)21-7-3-12(4-8-21)18-15(23)17-6-10-24-2/h5,9,12H,3-4,6-8,10H2,1-2H3,(H2,17,18,23). The van der Waals surface area contributed by atoms with Crippen molar-refractivity contribution in [3.05, 3.63) is 18.2 Å². The number of methoxy groups -OCH3 is 1. The average molecular weight is 333 g/mol. The van der Waals surface area contributed by atoms with Crippen LogP contribution in [0.4, 0.5) is 10.6 Å². The van der Waals surface area contributed by atoms with Gasteiger partial charge in [0.1, 0.15) is 5.82 Å². The molecule has 0 atom stereocenters. The fourth-order valence-electron chi connectivity index (χ4n) is 2.89. The van der Waals surface area contributed by atoms with Gasteiger partial charge in [0.05, 0.1) is 6.61 Å². The minimum absolute atomic E-state index is 0.140. The quantitative estimate of drug-likeness (QED) is 0.766. The van der Waals surface area contributed by atoms with Crippen LogP contribution in [0.15, 0.2) is 12.4 Å². The first kappa shape index (κ1) is 16.4. The fraction of sp³-hybridized carbons (Fsp3) is 0.600. The Morgan fingerprint density at radius 3 is 2.92 bits per heavy atom. The number of piperidine rings is 1. The molecule has 1 aliphatic heterocycles. The van der Waals surface area contributed by atoms with E-state index in [1.807, 2.05) is 17.5 Å². The van der Waals surface area contributed by atoms with Crippen LogP contribution < -0.4 is 15.5 Å². The molecule has 2 aromatic heterocycles. The smallest absolute Gasteiger partial charge is 0.315 e. The summed E-state index contributed by atoms with van der Waals surface area (Å²) < 4.78 is 6.85. The number of amides is 2. The van der Waals surface area contributed by atoms with Crippen molar-refractivity contribution in [3.8, 4) is 0 Å². The first-order chi connectivity index (χ1) is 11.7. The Hall–Kier alpha value is -2.42. The topological polar surface area (TPSA) is 96.7 Å². The number of nitrogens with one attached hydrogen (secondary N) is 2. The summed E-state index contributed by atoms with van der Waals surface area (Å²) in [6.07, 6.45) is 5.38. The monoisotopic (exact) mass is 333 g/mol. The van der Waals surface area contributed by atoms with Crippen LogP contribution in [-0.2, 0) is 4.74 Å². The average Bonchev–Trinajstić information content (AvgIpc) is 2.97. The van der Waals surface area contributed by atoms with E-state index in [-0.39, 0.29) is 12.1 Å². The Labute approximate surface area is 140 Å². The number of hydrogen-bond acceptors (Lipinski definition) is 6. The molecule has 2 N–H and O–H groups in total. The molecule has 0 saturated carbocycles. The molecule has 3 rings (SSSR count). The zero-order valence-corrected chi connectivity index (χ0v) is 14.0. The highest BCUT2D eigenvalue weighted by Crippen LogP contribution is 2.21. The second-order valence-electron chi connectivity index (χ2n) is 5.85. The molecule has 0 aromatic carbocycles. The normalized spacial score (nSPS) is 15.7. The lowest BCUT2D eigenvalue weighted by Gasteiger charge is -2.33. The highest BCUT2D eigenvalue weighted by Gasteiger charge is 2.23. The molecule has 0 aliphatic carbocycles.